The first kappa shape index (κ1) is 8.65. The number of fused-ring (bicyclic) bond motifs is 1. The highest BCUT2D eigenvalue weighted by atomic mass is 16.1. The van der Waals surface area contributed by atoms with Crippen LogP contribution >= 0.6 is 0 Å². The van der Waals surface area contributed by atoms with Gasteiger partial charge < -0.3 is 4.57 Å². The minimum Gasteiger partial charge on any atom is -0.331 e. The van der Waals surface area contributed by atoms with E-state index in [2.05, 4.69) is 9.55 Å². The van der Waals surface area contributed by atoms with Crippen molar-refractivity contribution >= 4 is 17.3 Å². The zero-order valence-electron chi connectivity index (χ0n) is 8.31. The van der Waals surface area contributed by atoms with Crippen molar-refractivity contribution in [3.8, 4) is 0 Å². The predicted molar refractivity (Wildman–Crippen MR) is 57.3 cm³/mol. The number of hydrogen-bond donors (Lipinski definition) is 0. The summed E-state index contributed by atoms with van der Waals surface area (Å²) in [5.74, 6) is 0.780. The molecule has 1 aliphatic carbocycles. The number of rotatable bonds is 3. The molecule has 3 rings (SSSR count). The maximum atomic E-state index is 10.8. The van der Waals surface area contributed by atoms with Gasteiger partial charge >= 0.3 is 0 Å². The first-order chi connectivity index (χ1) is 7.38. The van der Waals surface area contributed by atoms with E-state index in [1.165, 1.54) is 12.8 Å². The average Bonchev–Trinajstić information content (AvgIpc) is 3.01. The molecule has 0 atom stereocenters. The predicted octanol–water partition coefficient (Wildman–Crippen LogP) is 1.90. The second kappa shape index (κ2) is 3.19. The van der Waals surface area contributed by atoms with Gasteiger partial charge in [0.15, 0.2) is 0 Å². The Balaban J connectivity index is 2.15. The molecule has 1 saturated carbocycles. The van der Waals surface area contributed by atoms with Crippen molar-refractivity contribution in [1.29, 1.82) is 0 Å². The van der Waals surface area contributed by atoms with Gasteiger partial charge in [0.25, 0.3) is 0 Å². The van der Waals surface area contributed by atoms with Gasteiger partial charge in [-0.1, -0.05) is 0 Å². The second-order valence-corrected chi connectivity index (χ2v) is 4.12. The summed E-state index contributed by atoms with van der Waals surface area (Å²) >= 11 is 0. The third kappa shape index (κ3) is 1.44. The van der Waals surface area contributed by atoms with Crippen molar-refractivity contribution in [2.75, 3.05) is 0 Å². The van der Waals surface area contributed by atoms with Crippen LogP contribution in [0.2, 0.25) is 0 Å². The van der Waals surface area contributed by atoms with E-state index in [9.17, 15) is 4.79 Å². The van der Waals surface area contributed by atoms with Crippen LogP contribution in [0.15, 0.2) is 24.5 Å². The average molecular weight is 199 g/mol. The van der Waals surface area contributed by atoms with Gasteiger partial charge in [0.2, 0.25) is 6.29 Å². The molecule has 2 aromatic heterocycles. The molecular formula is C12H11N2O. The Kier molecular flexibility index (Phi) is 1.84. The lowest BCUT2D eigenvalue weighted by Gasteiger charge is -2.01. The third-order valence-electron chi connectivity index (χ3n) is 2.90. The number of aromatic nitrogens is 2. The van der Waals surface area contributed by atoms with E-state index in [1.807, 2.05) is 24.6 Å². The van der Waals surface area contributed by atoms with Crippen LogP contribution in [0.5, 0.6) is 0 Å². The van der Waals surface area contributed by atoms with Gasteiger partial charge in [-0.05, 0) is 30.9 Å². The summed E-state index contributed by atoms with van der Waals surface area (Å²) in [4.78, 5) is 15.1. The molecule has 0 amide bonds. The summed E-state index contributed by atoms with van der Waals surface area (Å²) in [7, 11) is 0. The van der Waals surface area contributed by atoms with E-state index in [4.69, 9.17) is 0 Å². The molecule has 75 valence electrons. The van der Waals surface area contributed by atoms with Crippen LogP contribution in [0.4, 0.5) is 0 Å². The Hall–Kier alpha value is -1.64. The van der Waals surface area contributed by atoms with Crippen LogP contribution in [-0.2, 0) is 11.3 Å². The summed E-state index contributed by atoms with van der Waals surface area (Å²) in [6.45, 7) is 0.981. The zero-order chi connectivity index (χ0) is 10.3. The molecule has 0 bridgehead atoms. The van der Waals surface area contributed by atoms with Gasteiger partial charge in [-0.25, -0.2) is 4.98 Å². The molecule has 3 heteroatoms. The highest BCUT2D eigenvalue weighted by Crippen LogP contribution is 2.32. The van der Waals surface area contributed by atoms with Gasteiger partial charge in [0.1, 0.15) is 5.65 Å². The monoisotopic (exact) mass is 199 g/mol. The SMILES string of the molecule is O=[C]c1cn(CC2CC2)c2ncccc12. The van der Waals surface area contributed by atoms with E-state index in [0.29, 0.717) is 5.56 Å². The van der Waals surface area contributed by atoms with Crippen LogP contribution in [0.3, 0.4) is 0 Å². The molecule has 15 heavy (non-hydrogen) atoms. The Labute approximate surface area is 87.7 Å². The summed E-state index contributed by atoms with van der Waals surface area (Å²) in [5, 5.41) is 0.910. The molecule has 0 N–H and O–H groups in total. The van der Waals surface area contributed by atoms with Gasteiger partial charge in [0, 0.05) is 24.3 Å². The van der Waals surface area contributed by atoms with Crippen molar-refractivity contribution in [1.82, 2.24) is 9.55 Å². The molecule has 2 heterocycles. The molecule has 1 fully saturated rings. The summed E-state index contributed by atoms with van der Waals surface area (Å²) < 4.78 is 2.08. The van der Waals surface area contributed by atoms with Crippen molar-refractivity contribution < 1.29 is 4.79 Å². The summed E-state index contributed by atoms with van der Waals surface area (Å²) in [5.41, 5.74) is 1.53. The second-order valence-electron chi connectivity index (χ2n) is 4.12. The largest absolute Gasteiger partial charge is 0.331 e. The fourth-order valence-electron chi connectivity index (χ4n) is 1.92. The lowest BCUT2D eigenvalue weighted by atomic mass is 10.2. The lowest BCUT2D eigenvalue weighted by Crippen LogP contribution is -1.98. The van der Waals surface area contributed by atoms with Crippen molar-refractivity contribution in [2.45, 2.75) is 19.4 Å². The van der Waals surface area contributed by atoms with Gasteiger partial charge in [-0.15, -0.1) is 0 Å². The maximum absolute atomic E-state index is 10.8. The zero-order valence-corrected chi connectivity index (χ0v) is 8.31. The number of nitrogens with zero attached hydrogens (tertiary/aromatic N) is 2. The highest BCUT2D eigenvalue weighted by Gasteiger charge is 2.23. The number of hydrogen-bond acceptors (Lipinski definition) is 2. The molecular weight excluding hydrogens is 188 g/mol. The molecule has 0 saturated heterocycles. The summed E-state index contributed by atoms with van der Waals surface area (Å²) in [6, 6.07) is 3.77. The third-order valence-corrected chi connectivity index (χ3v) is 2.90. The number of carbonyl (C=O) groups excluding carboxylic acids is 1. The molecule has 0 spiro atoms. The minimum atomic E-state index is 0.624. The van der Waals surface area contributed by atoms with Crippen molar-refractivity contribution in [2.24, 2.45) is 5.92 Å². The minimum absolute atomic E-state index is 0.624. The van der Waals surface area contributed by atoms with Crippen LogP contribution in [0.1, 0.15) is 18.4 Å². The maximum Gasteiger partial charge on any atom is 0.235 e. The van der Waals surface area contributed by atoms with E-state index in [1.54, 1.807) is 6.20 Å². The fraction of sp³-hybridized carbons (Fsp3) is 0.333. The Morgan fingerprint density at radius 1 is 1.53 bits per heavy atom. The van der Waals surface area contributed by atoms with E-state index >= 15 is 0 Å². The molecule has 3 nitrogen and oxygen atoms in total. The van der Waals surface area contributed by atoms with Crippen molar-refractivity contribution in [3.63, 3.8) is 0 Å². The Morgan fingerprint density at radius 3 is 3.13 bits per heavy atom. The topological polar surface area (TPSA) is 34.9 Å². The van der Waals surface area contributed by atoms with Crippen LogP contribution in [0.25, 0.3) is 11.0 Å². The van der Waals surface area contributed by atoms with E-state index < -0.39 is 0 Å². The van der Waals surface area contributed by atoms with Gasteiger partial charge in [-0.3, -0.25) is 4.79 Å². The molecule has 0 aliphatic heterocycles. The van der Waals surface area contributed by atoms with E-state index in [-0.39, 0.29) is 0 Å². The quantitative estimate of drug-likeness (QED) is 0.756. The van der Waals surface area contributed by atoms with Crippen LogP contribution < -0.4 is 0 Å². The normalized spacial score (nSPS) is 15.7. The van der Waals surface area contributed by atoms with E-state index in [0.717, 1.165) is 23.5 Å². The van der Waals surface area contributed by atoms with Gasteiger partial charge in [0.05, 0.1) is 5.56 Å². The fourth-order valence-corrected chi connectivity index (χ4v) is 1.92. The highest BCUT2D eigenvalue weighted by molar-refractivity contribution is 5.96. The Bertz CT molecular complexity index is 511. The molecule has 0 aromatic carbocycles. The smallest absolute Gasteiger partial charge is 0.235 e. The van der Waals surface area contributed by atoms with Gasteiger partial charge in [-0.2, -0.15) is 0 Å². The van der Waals surface area contributed by atoms with Crippen LogP contribution in [-0.4, -0.2) is 15.8 Å². The van der Waals surface area contributed by atoms with Crippen LogP contribution in [0, 0.1) is 5.92 Å². The molecule has 1 radical (unpaired) electrons. The first-order valence-electron chi connectivity index (χ1n) is 5.20. The Morgan fingerprint density at radius 2 is 2.40 bits per heavy atom. The summed E-state index contributed by atoms with van der Waals surface area (Å²) in [6.07, 6.45) is 8.20. The molecule has 2 aromatic rings. The van der Waals surface area contributed by atoms with Crippen molar-refractivity contribution in [3.05, 3.63) is 30.1 Å². The molecule has 0 unspecified atom stereocenters. The number of pyridine rings is 1. The molecule has 1 aliphatic rings. The standard InChI is InChI=1S/C12H11N2O/c15-8-10-7-14(6-9-3-4-9)12-11(10)2-1-5-13-12/h1-2,5,7,9H,3-4,6H2. The lowest BCUT2D eigenvalue weighted by molar-refractivity contribution is 0.562. The first-order valence-corrected chi connectivity index (χ1v) is 5.20.